The summed E-state index contributed by atoms with van der Waals surface area (Å²) in [6.45, 7) is 4.69. The number of aryl methyl sites for hydroxylation is 1. The number of hydrogen-bond donors (Lipinski definition) is 1. The lowest BCUT2D eigenvalue weighted by atomic mass is 10.2. The molecule has 5 nitrogen and oxygen atoms in total. The maximum Gasteiger partial charge on any atom is 0.223 e. The minimum absolute atomic E-state index is 0.231. The van der Waals surface area contributed by atoms with Gasteiger partial charge in [0.05, 0.1) is 5.69 Å². The molecule has 1 fully saturated rings. The molecule has 0 aliphatic carbocycles. The Morgan fingerprint density at radius 1 is 1.26 bits per heavy atom. The van der Waals surface area contributed by atoms with Gasteiger partial charge in [0.25, 0.3) is 0 Å². The van der Waals surface area contributed by atoms with Crippen molar-refractivity contribution in [3.05, 3.63) is 33.5 Å². The van der Waals surface area contributed by atoms with Gasteiger partial charge < -0.3 is 10.6 Å². The number of thiophene rings is 1. The van der Waals surface area contributed by atoms with Crippen molar-refractivity contribution >= 4 is 33.7 Å². The van der Waals surface area contributed by atoms with Crippen LogP contribution in [-0.2, 0) is 17.8 Å². The van der Waals surface area contributed by atoms with Crippen LogP contribution >= 0.6 is 22.7 Å². The first-order valence-electron chi connectivity index (χ1n) is 7.93. The zero-order valence-electron chi connectivity index (χ0n) is 13.1. The first-order chi connectivity index (χ1) is 11.2. The highest BCUT2D eigenvalue weighted by Gasteiger charge is 2.19. The molecule has 2 aromatic heterocycles. The van der Waals surface area contributed by atoms with Gasteiger partial charge in [-0.25, -0.2) is 4.98 Å². The van der Waals surface area contributed by atoms with Gasteiger partial charge in [-0.15, -0.1) is 22.7 Å². The molecule has 23 heavy (non-hydrogen) atoms. The fourth-order valence-electron chi connectivity index (χ4n) is 2.83. The fraction of sp³-hybridized carbons (Fsp3) is 0.500. The Bertz CT molecular complexity index is 626. The number of hydrogen-bond acceptors (Lipinski definition) is 6. The van der Waals surface area contributed by atoms with Gasteiger partial charge in [-0.2, -0.15) is 0 Å². The second kappa shape index (κ2) is 7.90. The quantitative estimate of drug-likeness (QED) is 0.900. The molecule has 1 aliphatic heterocycles. The van der Waals surface area contributed by atoms with Gasteiger partial charge >= 0.3 is 0 Å². The zero-order chi connectivity index (χ0) is 16.1. The van der Waals surface area contributed by atoms with Crippen molar-refractivity contribution in [1.82, 2.24) is 14.8 Å². The van der Waals surface area contributed by atoms with E-state index < -0.39 is 0 Å². The molecule has 0 radical (unpaired) electrons. The second-order valence-electron chi connectivity index (χ2n) is 5.77. The summed E-state index contributed by atoms with van der Waals surface area (Å²) in [4.78, 5) is 22.5. The maximum atomic E-state index is 12.4. The van der Waals surface area contributed by atoms with E-state index in [1.54, 1.807) is 11.3 Å². The van der Waals surface area contributed by atoms with Crippen LogP contribution in [0.2, 0.25) is 0 Å². The Labute approximate surface area is 144 Å². The summed E-state index contributed by atoms with van der Waals surface area (Å²) < 4.78 is 0. The minimum Gasteiger partial charge on any atom is -0.375 e. The molecule has 0 saturated carbocycles. The van der Waals surface area contributed by atoms with E-state index in [-0.39, 0.29) is 5.91 Å². The maximum absolute atomic E-state index is 12.4. The van der Waals surface area contributed by atoms with E-state index in [9.17, 15) is 4.79 Å². The number of nitrogens with zero attached hydrogens (tertiary/aromatic N) is 3. The second-order valence-corrected chi connectivity index (χ2v) is 7.69. The van der Waals surface area contributed by atoms with Crippen LogP contribution in [-0.4, -0.2) is 46.9 Å². The molecule has 3 heterocycles. The number of carbonyl (C=O) groups excluding carboxylic acids is 1. The number of nitrogen functional groups attached to an aromatic ring is 1. The smallest absolute Gasteiger partial charge is 0.223 e. The highest BCUT2D eigenvalue weighted by Crippen LogP contribution is 2.15. The summed E-state index contributed by atoms with van der Waals surface area (Å²) in [5, 5.41) is 4.63. The molecule has 0 aromatic carbocycles. The summed E-state index contributed by atoms with van der Waals surface area (Å²) in [7, 11) is 0. The van der Waals surface area contributed by atoms with Crippen molar-refractivity contribution in [2.24, 2.45) is 0 Å². The lowest BCUT2D eigenvalue weighted by Gasteiger charge is -2.21. The van der Waals surface area contributed by atoms with Gasteiger partial charge in [0, 0.05) is 49.4 Å². The average Bonchev–Trinajstić information content (AvgIpc) is 3.13. The van der Waals surface area contributed by atoms with Gasteiger partial charge in [-0.1, -0.05) is 6.07 Å². The molecular weight excluding hydrogens is 328 g/mol. The molecule has 1 aliphatic rings. The zero-order valence-corrected chi connectivity index (χ0v) is 14.7. The number of thiazole rings is 1. The number of carbonyl (C=O) groups is 1. The number of nitrogens with two attached hydrogens (primary N) is 1. The Hall–Kier alpha value is -1.44. The van der Waals surface area contributed by atoms with E-state index in [0.29, 0.717) is 18.0 Å². The summed E-state index contributed by atoms with van der Waals surface area (Å²) in [5.74, 6) is 0.231. The van der Waals surface area contributed by atoms with E-state index >= 15 is 0 Å². The van der Waals surface area contributed by atoms with Crippen molar-refractivity contribution in [2.75, 3.05) is 31.9 Å². The Kier molecular flexibility index (Phi) is 5.64. The molecule has 0 atom stereocenters. The summed E-state index contributed by atoms with van der Waals surface area (Å²) in [6.07, 6.45) is 2.25. The number of aromatic nitrogens is 1. The van der Waals surface area contributed by atoms with E-state index in [2.05, 4.69) is 27.4 Å². The normalized spacial score (nSPS) is 16.4. The SMILES string of the molecule is Nc1nc(CCC(=O)N2CCCN(Cc3cccs3)CC2)cs1. The molecular formula is C16H22N4OS2. The molecule has 0 spiro atoms. The van der Waals surface area contributed by atoms with Crippen molar-refractivity contribution in [1.29, 1.82) is 0 Å². The van der Waals surface area contributed by atoms with Crippen LogP contribution in [0.3, 0.4) is 0 Å². The third-order valence-electron chi connectivity index (χ3n) is 4.07. The highest BCUT2D eigenvalue weighted by molar-refractivity contribution is 7.13. The average molecular weight is 351 g/mol. The Balaban J connectivity index is 1.46. The highest BCUT2D eigenvalue weighted by atomic mass is 32.1. The van der Waals surface area contributed by atoms with E-state index in [0.717, 1.165) is 44.8 Å². The number of amides is 1. The Morgan fingerprint density at radius 2 is 2.17 bits per heavy atom. The van der Waals surface area contributed by atoms with Gasteiger partial charge in [0.15, 0.2) is 5.13 Å². The molecule has 2 aromatic rings. The molecule has 0 unspecified atom stereocenters. The standard InChI is InChI=1S/C16H22N4OS2/c17-16-18-13(12-23-16)4-5-15(21)20-7-2-6-19(8-9-20)11-14-3-1-10-22-14/h1,3,10,12H,2,4-9,11H2,(H2,17,18). The monoisotopic (exact) mass is 350 g/mol. The van der Waals surface area contributed by atoms with Gasteiger partial charge in [-0.3, -0.25) is 9.69 Å². The van der Waals surface area contributed by atoms with E-state index in [1.165, 1.54) is 16.2 Å². The van der Waals surface area contributed by atoms with Crippen LogP contribution in [0.5, 0.6) is 0 Å². The van der Waals surface area contributed by atoms with Gasteiger partial charge in [0.1, 0.15) is 0 Å². The topological polar surface area (TPSA) is 62.5 Å². The van der Waals surface area contributed by atoms with Crippen molar-refractivity contribution in [3.8, 4) is 0 Å². The molecule has 3 rings (SSSR count). The summed E-state index contributed by atoms with van der Waals surface area (Å²) in [5.41, 5.74) is 6.55. The molecule has 2 N–H and O–H groups in total. The minimum atomic E-state index is 0.231. The molecule has 0 bridgehead atoms. The van der Waals surface area contributed by atoms with Crippen LogP contribution < -0.4 is 5.73 Å². The lowest BCUT2D eigenvalue weighted by Crippen LogP contribution is -2.35. The largest absolute Gasteiger partial charge is 0.375 e. The van der Waals surface area contributed by atoms with E-state index in [4.69, 9.17) is 5.73 Å². The first-order valence-corrected chi connectivity index (χ1v) is 9.69. The summed E-state index contributed by atoms with van der Waals surface area (Å²) >= 11 is 3.23. The molecule has 7 heteroatoms. The van der Waals surface area contributed by atoms with Gasteiger partial charge in [-0.05, 0) is 24.3 Å². The predicted octanol–water partition coefficient (Wildman–Crippen LogP) is 2.45. The van der Waals surface area contributed by atoms with Gasteiger partial charge in [0.2, 0.25) is 5.91 Å². The number of rotatable bonds is 5. The van der Waals surface area contributed by atoms with Crippen molar-refractivity contribution in [2.45, 2.75) is 25.8 Å². The van der Waals surface area contributed by atoms with Crippen LogP contribution in [0.15, 0.2) is 22.9 Å². The van der Waals surface area contributed by atoms with Crippen molar-refractivity contribution in [3.63, 3.8) is 0 Å². The van der Waals surface area contributed by atoms with Crippen molar-refractivity contribution < 1.29 is 4.79 Å². The predicted molar refractivity (Wildman–Crippen MR) is 95.6 cm³/mol. The molecule has 124 valence electrons. The van der Waals surface area contributed by atoms with Crippen LogP contribution in [0.1, 0.15) is 23.4 Å². The third-order valence-corrected chi connectivity index (χ3v) is 5.65. The van der Waals surface area contributed by atoms with Crippen LogP contribution in [0, 0.1) is 0 Å². The fourth-order valence-corrected chi connectivity index (χ4v) is 4.18. The summed E-state index contributed by atoms with van der Waals surface area (Å²) in [6, 6.07) is 4.27. The third kappa shape index (κ3) is 4.76. The van der Waals surface area contributed by atoms with Crippen LogP contribution in [0.4, 0.5) is 5.13 Å². The van der Waals surface area contributed by atoms with Crippen LogP contribution in [0.25, 0.3) is 0 Å². The first kappa shape index (κ1) is 16.4. The number of anilines is 1. The lowest BCUT2D eigenvalue weighted by molar-refractivity contribution is -0.131. The van der Waals surface area contributed by atoms with E-state index in [1.807, 2.05) is 10.3 Å². The Morgan fingerprint density at radius 3 is 2.91 bits per heavy atom. The molecule has 1 saturated heterocycles. The molecule has 1 amide bonds.